The molecular weight excluding hydrogens is 256 g/mol. The first-order valence-electron chi connectivity index (χ1n) is 7.92. The molecule has 21 heavy (non-hydrogen) atoms. The molecule has 0 amide bonds. The van der Waals surface area contributed by atoms with Gasteiger partial charge in [0, 0.05) is 11.4 Å². The second-order valence-corrected chi connectivity index (χ2v) is 5.61. The number of hydrogen-bond donors (Lipinski definition) is 1. The summed E-state index contributed by atoms with van der Waals surface area (Å²) in [6.45, 7) is 9.46. The van der Waals surface area contributed by atoms with Crippen LogP contribution in [0.4, 0.5) is 0 Å². The Labute approximate surface area is 128 Å². The first kappa shape index (κ1) is 15.7. The summed E-state index contributed by atoms with van der Waals surface area (Å²) in [7, 11) is 0. The van der Waals surface area contributed by atoms with Crippen molar-refractivity contribution in [2.45, 2.75) is 46.6 Å². The Kier molecular flexibility index (Phi) is 5.51. The van der Waals surface area contributed by atoms with Crippen LogP contribution in [0.1, 0.15) is 54.4 Å². The number of hydrogen-bond acceptors (Lipinski definition) is 2. The minimum atomic E-state index is 0.222. The van der Waals surface area contributed by atoms with Crippen molar-refractivity contribution >= 4 is 0 Å². The standard InChI is InChI=1S/C19H26N2/c1-5-8-16-9-7-10-17(13-16)19(20-6-2)18-12-11-14(3)21-15(18)4/h7,9-13,19-20H,5-6,8H2,1-4H3. The molecule has 0 fully saturated rings. The van der Waals surface area contributed by atoms with Gasteiger partial charge in [-0.15, -0.1) is 0 Å². The normalized spacial score (nSPS) is 12.4. The highest BCUT2D eigenvalue weighted by Gasteiger charge is 2.16. The molecule has 2 heteroatoms. The van der Waals surface area contributed by atoms with Crippen LogP contribution in [-0.4, -0.2) is 11.5 Å². The topological polar surface area (TPSA) is 24.9 Å². The van der Waals surface area contributed by atoms with Gasteiger partial charge >= 0.3 is 0 Å². The van der Waals surface area contributed by atoms with Crippen molar-refractivity contribution in [1.82, 2.24) is 10.3 Å². The van der Waals surface area contributed by atoms with Gasteiger partial charge in [-0.3, -0.25) is 4.98 Å². The lowest BCUT2D eigenvalue weighted by molar-refractivity contribution is 0.623. The second-order valence-electron chi connectivity index (χ2n) is 5.61. The van der Waals surface area contributed by atoms with Gasteiger partial charge in [0.2, 0.25) is 0 Å². The third kappa shape index (κ3) is 3.92. The molecule has 1 N–H and O–H groups in total. The molecule has 0 saturated carbocycles. The second kappa shape index (κ2) is 7.37. The third-order valence-corrected chi connectivity index (χ3v) is 3.81. The number of rotatable bonds is 6. The van der Waals surface area contributed by atoms with Crippen LogP contribution in [0.25, 0.3) is 0 Å². The van der Waals surface area contributed by atoms with Crippen LogP contribution in [0.15, 0.2) is 36.4 Å². The van der Waals surface area contributed by atoms with Crippen LogP contribution < -0.4 is 5.32 Å². The fraction of sp³-hybridized carbons (Fsp3) is 0.421. The number of aromatic nitrogens is 1. The maximum Gasteiger partial charge on any atom is 0.0594 e. The fourth-order valence-electron chi connectivity index (χ4n) is 2.83. The zero-order valence-corrected chi connectivity index (χ0v) is 13.6. The Morgan fingerprint density at radius 1 is 1.10 bits per heavy atom. The number of aryl methyl sites for hydroxylation is 3. The zero-order valence-electron chi connectivity index (χ0n) is 13.6. The summed E-state index contributed by atoms with van der Waals surface area (Å²) in [6.07, 6.45) is 2.32. The minimum Gasteiger partial charge on any atom is -0.306 e. The molecule has 1 aromatic carbocycles. The highest BCUT2D eigenvalue weighted by Crippen LogP contribution is 2.25. The molecule has 1 aromatic heterocycles. The molecule has 0 aliphatic carbocycles. The van der Waals surface area contributed by atoms with E-state index in [9.17, 15) is 0 Å². The molecule has 0 radical (unpaired) electrons. The SMILES string of the molecule is CCCc1cccc(C(NCC)c2ccc(C)nc2C)c1. The number of nitrogens with one attached hydrogen (secondary N) is 1. The molecule has 112 valence electrons. The van der Waals surface area contributed by atoms with Gasteiger partial charge in [-0.05, 0) is 49.6 Å². The average molecular weight is 282 g/mol. The first-order valence-corrected chi connectivity index (χ1v) is 7.92. The van der Waals surface area contributed by atoms with E-state index in [4.69, 9.17) is 0 Å². The molecule has 0 saturated heterocycles. The van der Waals surface area contributed by atoms with Crippen molar-refractivity contribution in [3.8, 4) is 0 Å². The molecular formula is C19H26N2. The molecule has 2 aromatic rings. The first-order chi connectivity index (χ1) is 10.2. The molecule has 2 rings (SSSR count). The Hall–Kier alpha value is -1.67. The summed E-state index contributed by atoms with van der Waals surface area (Å²) >= 11 is 0. The van der Waals surface area contributed by atoms with Gasteiger partial charge in [-0.1, -0.05) is 50.6 Å². The van der Waals surface area contributed by atoms with E-state index in [0.29, 0.717) is 0 Å². The Morgan fingerprint density at radius 2 is 1.90 bits per heavy atom. The molecule has 1 unspecified atom stereocenters. The number of pyridine rings is 1. The summed E-state index contributed by atoms with van der Waals surface area (Å²) in [5.74, 6) is 0. The summed E-state index contributed by atoms with van der Waals surface area (Å²) in [4.78, 5) is 4.62. The lowest BCUT2D eigenvalue weighted by Gasteiger charge is -2.21. The molecule has 1 atom stereocenters. The smallest absolute Gasteiger partial charge is 0.0594 e. The maximum atomic E-state index is 4.62. The van der Waals surface area contributed by atoms with E-state index in [1.54, 1.807) is 0 Å². The van der Waals surface area contributed by atoms with E-state index < -0.39 is 0 Å². The van der Waals surface area contributed by atoms with Gasteiger partial charge in [0.15, 0.2) is 0 Å². The monoisotopic (exact) mass is 282 g/mol. The molecule has 2 nitrogen and oxygen atoms in total. The molecule has 0 spiro atoms. The fourth-order valence-corrected chi connectivity index (χ4v) is 2.83. The van der Waals surface area contributed by atoms with Crippen LogP contribution in [0.2, 0.25) is 0 Å². The van der Waals surface area contributed by atoms with Crippen LogP contribution in [-0.2, 0) is 6.42 Å². The summed E-state index contributed by atoms with van der Waals surface area (Å²) < 4.78 is 0. The summed E-state index contributed by atoms with van der Waals surface area (Å²) in [5, 5.41) is 3.60. The van der Waals surface area contributed by atoms with Gasteiger partial charge < -0.3 is 5.32 Å². The van der Waals surface area contributed by atoms with Gasteiger partial charge in [0.05, 0.1) is 6.04 Å². The minimum absolute atomic E-state index is 0.222. The van der Waals surface area contributed by atoms with Crippen molar-refractivity contribution in [1.29, 1.82) is 0 Å². The number of nitrogens with zero attached hydrogens (tertiary/aromatic N) is 1. The van der Waals surface area contributed by atoms with E-state index in [1.165, 1.54) is 23.1 Å². The van der Waals surface area contributed by atoms with Crippen molar-refractivity contribution in [3.63, 3.8) is 0 Å². The highest BCUT2D eigenvalue weighted by molar-refractivity contribution is 5.36. The highest BCUT2D eigenvalue weighted by atomic mass is 14.9. The van der Waals surface area contributed by atoms with Gasteiger partial charge in [0.1, 0.15) is 0 Å². The summed E-state index contributed by atoms with van der Waals surface area (Å²) in [6, 6.07) is 13.5. The lowest BCUT2D eigenvalue weighted by Crippen LogP contribution is -2.23. The molecule has 1 heterocycles. The predicted octanol–water partition coefficient (Wildman–Crippen LogP) is 4.35. The molecule has 0 aliphatic rings. The van der Waals surface area contributed by atoms with E-state index in [-0.39, 0.29) is 6.04 Å². The lowest BCUT2D eigenvalue weighted by atomic mass is 9.95. The van der Waals surface area contributed by atoms with Crippen LogP contribution in [0.5, 0.6) is 0 Å². The van der Waals surface area contributed by atoms with E-state index >= 15 is 0 Å². The van der Waals surface area contributed by atoms with Crippen LogP contribution in [0.3, 0.4) is 0 Å². The molecule has 0 aliphatic heterocycles. The van der Waals surface area contributed by atoms with Crippen molar-refractivity contribution < 1.29 is 0 Å². The van der Waals surface area contributed by atoms with Crippen LogP contribution >= 0.6 is 0 Å². The largest absolute Gasteiger partial charge is 0.306 e. The van der Waals surface area contributed by atoms with Gasteiger partial charge in [-0.2, -0.15) is 0 Å². The van der Waals surface area contributed by atoms with Crippen molar-refractivity contribution in [2.75, 3.05) is 6.54 Å². The predicted molar refractivity (Wildman–Crippen MR) is 89.7 cm³/mol. The average Bonchev–Trinajstić information content (AvgIpc) is 2.46. The maximum absolute atomic E-state index is 4.62. The van der Waals surface area contributed by atoms with E-state index in [0.717, 1.165) is 24.4 Å². The number of benzene rings is 1. The third-order valence-electron chi connectivity index (χ3n) is 3.81. The Balaban J connectivity index is 2.40. The van der Waals surface area contributed by atoms with E-state index in [1.807, 2.05) is 6.92 Å². The van der Waals surface area contributed by atoms with Crippen LogP contribution in [0, 0.1) is 13.8 Å². The zero-order chi connectivity index (χ0) is 15.2. The Bertz CT molecular complexity index is 590. The quantitative estimate of drug-likeness (QED) is 0.852. The van der Waals surface area contributed by atoms with E-state index in [2.05, 4.69) is 67.5 Å². The Morgan fingerprint density at radius 3 is 2.57 bits per heavy atom. The van der Waals surface area contributed by atoms with Crippen molar-refractivity contribution in [2.24, 2.45) is 0 Å². The summed E-state index contributed by atoms with van der Waals surface area (Å²) in [5.41, 5.74) is 6.20. The van der Waals surface area contributed by atoms with Crippen molar-refractivity contribution in [3.05, 3.63) is 64.5 Å². The van der Waals surface area contributed by atoms with Gasteiger partial charge in [-0.25, -0.2) is 0 Å². The van der Waals surface area contributed by atoms with Gasteiger partial charge in [0.25, 0.3) is 0 Å². The molecule has 0 bridgehead atoms.